The summed E-state index contributed by atoms with van der Waals surface area (Å²) < 4.78 is 67.6. The number of alkyl halides is 3. The van der Waals surface area contributed by atoms with Crippen molar-refractivity contribution in [2.45, 2.75) is 17.6 Å². The molecule has 2 aromatic rings. The number of hydrogen-bond donors (Lipinski definition) is 3. The molecule has 26 heavy (non-hydrogen) atoms. The molecule has 0 saturated carbocycles. The van der Waals surface area contributed by atoms with E-state index in [1.807, 2.05) is 0 Å². The van der Waals surface area contributed by atoms with Crippen LogP contribution in [-0.4, -0.2) is 20.2 Å². The van der Waals surface area contributed by atoms with Gasteiger partial charge in [-0.2, -0.15) is 13.2 Å². The number of carbonyl (C=O) groups is 2. The number of nitrogens with one attached hydrogen (secondary N) is 3. The Hall–Kier alpha value is -2.86. The molecule has 8 nitrogen and oxygen atoms in total. The van der Waals surface area contributed by atoms with E-state index in [1.54, 1.807) is 11.5 Å². The van der Waals surface area contributed by atoms with Crippen molar-refractivity contribution in [3.8, 4) is 0 Å². The van der Waals surface area contributed by atoms with E-state index >= 15 is 0 Å². The smallest absolute Gasteiger partial charge is 0.417 e. The van der Waals surface area contributed by atoms with Gasteiger partial charge >= 0.3 is 18.0 Å². The number of amides is 2. The number of carbonyl (C=O) groups excluding carboxylic acids is 2. The van der Waals surface area contributed by atoms with Gasteiger partial charge < -0.3 is 9.73 Å². The van der Waals surface area contributed by atoms with Crippen LogP contribution in [0.25, 0.3) is 0 Å². The second-order valence-corrected chi connectivity index (χ2v) is 6.47. The molecule has 3 N–H and O–H groups in total. The quantitative estimate of drug-likeness (QED) is 0.518. The normalized spacial score (nSPS) is 11.8. The topological polar surface area (TPSA) is 118 Å². The average Bonchev–Trinajstić information content (AvgIpc) is 3.10. The Labute approximate surface area is 145 Å². The number of hydrazine groups is 1. The van der Waals surface area contributed by atoms with Crippen LogP contribution in [0.1, 0.15) is 11.3 Å². The largest absolute Gasteiger partial charge is 0.467 e. The Kier molecular flexibility index (Phi) is 5.67. The number of furan rings is 1. The van der Waals surface area contributed by atoms with Crippen LogP contribution in [0.3, 0.4) is 0 Å². The molecule has 0 unspecified atom stereocenters. The van der Waals surface area contributed by atoms with E-state index in [0.717, 1.165) is 12.1 Å². The van der Waals surface area contributed by atoms with Gasteiger partial charge in [-0.25, -0.2) is 8.42 Å². The van der Waals surface area contributed by atoms with Crippen LogP contribution < -0.4 is 15.6 Å². The third-order valence-electron chi connectivity index (χ3n) is 2.99. The van der Waals surface area contributed by atoms with Crippen molar-refractivity contribution < 1.29 is 35.6 Å². The Balaban J connectivity index is 2.02. The summed E-state index contributed by atoms with van der Waals surface area (Å²) in [6.45, 7) is -0.136. The maximum Gasteiger partial charge on any atom is 0.417 e. The predicted octanol–water partition coefficient (Wildman–Crippen LogP) is 0.924. The number of halogens is 3. The van der Waals surface area contributed by atoms with Crippen LogP contribution in [0.15, 0.2) is 52.0 Å². The molecule has 0 aliphatic heterocycles. The maximum atomic E-state index is 12.9. The number of sulfonamides is 1. The van der Waals surface area contributed by atoms with E-state index < -0.39 is 38.5 Å². The Bertz CT molecular complexity index is 895. The van der Waals surface area contributed by atoms with E-state index in [0.29, 0.717) is 17.9 Å². The molecule has 1 aromatic heterocycles. The van der Waals surface area contributed by atoms with Crippen molar-refractivity contribution in [2.75, 3.05) is 0 Å². The van der Waals surface area contributed by atoms with Crippen LogP contribution >= 0.6 is 0 Å². The summed E-state index contributed by atoms with van der Waals surface area (Å²) in [6.07, 6.45) is -3.58. The second-order valence-electron chi connectivity index (χ2n) is 4.82. The van der Waals surface area contributed by atoms with Crippen molar-refractivity contribution in [1.82, 2.24) is 15.6 Å². The monoisotopic (exact) mass is 391 g/mol. The van der Waals surface area contributed by atoms with Gasteiger partial charge in [-0.3, -0.25) is 15.0 Å². The lowest BCUT2D eigenvalue weighted by Gasteiger charge is -2.14. The first-order chi connectivity index (χ1) is 12.1. The minimum atomic E-state index is -4.92. The van der Waals surface area contributed by atoms with E-state index in [2.05, 4.69) is 5.32 Å². The standard InChI is InChI=1S/C14H12F3N3O5S/c15-14(16,17)10-5-1-2-6-11(10)26(23,24)20-19-13(22)12(21)18-8-9-4-3-7-25-9/h1-7,20H,8H2,(H,18,21)(H,19,22). The molecule has 0 fully saturated rings. The van der Waals surface area contributed by atoms with Crippen LogP contribution in [-0.2, 0) is 32.3 Å². The van der Waals surface area contributed by atoms with Crippen LogP contribution in [0.5, 0.6) is 0 Å². The molecule has 0 aliphatic rings. The van der Waals surface area contributed by atoms with Crippen molar-refractivity contribution in [2.24, 2.45) is 0 Å². The highest BCUT2D eigenvalue weighted by Gasteiger charge is 2.37. The molecule has 2 amide bonds. The lowest BCUT2D eigenvalue weighted by atomic mass is 10.2. The minimum absolute atomic E-state index is 0.136. The van der Waals surface area contributed by atoms with Gasteiger partial charge in [-0.05, 0) is 24.3 Å². The molecule has 0 bridgehead atoms. The lowest BCUT2D eigenvalue weighted by Crippen LogP contribution is -2.48. The summed E-state index contributed by atoms with van der Waals surface area (Å²) in [4.78, 5) is 23.5. The lowest BCUT2D eigenvalue weighted by molar-refractivity contribution is -0.140. The Morgan fingerprint density at radius 3 is 2.35 bits per heavy atom. The molecular formula is C14H12F3N3O5S. The molecule has 2 rings (SSSR count). The zero-order valence-electron chi connectivity index (χ0n) is 12.8. The number of benzene rings is 1. The summed E-state index contributed by atoms with van der Waals surface area (Å²) in [5, 5.41) is 2.14. The fourth-order valence-electron chi connectivity index (χ4n) is 1.82. The van der Waals surface area contributed by atoms with Crippen molar-refractivity contribution in [1.29, 1.82) is 0 Å². The first-order valence-corrected chi connectivity index (χ1v) is 8.38. The fourth-order valence-corrected chi connectivity index (χ4v) is 2.89. The Morgan fingerprint density at radius 1 is 1.04 bits per heavy atom. The highest BCUT2D eigenvalue weighted by Crippen LogP contribution is 2.33. The molecule has 1 heterocycles. The van der Waals surface area contributed by atoms with Gasteiger partial charge in [0.25, 0.3) is 10.0 Å². The summed E-state index contributed by atoms with van der Waals surface area (Å²) >= 11 is 0. The minimum Gasteiger partial charge on any atom is -0.467 e. The van der Waals surface area contributed by atoms with Gasteiger partial charge in [-0.1, -0.05) is 12.1 Å². The number of hydrogen-bond acceptors (Lipinski definition) is 5. The summed E-state index contributed by atoms with van der Waals surface area (Å²) in [6, 6.07) is 6.47. The molecule has 140 valence electrons. The molecule has 0 aliphatic carbocycles. The van der Waals surface area contributed by atoms with E-state index in [9.17, 15) is 31.2 Å². The maximum absolute atomic E-state index is 12.9. The SMILES string of the molecule is O=C(NCc1ccco1)C(=O)NNS(=O)(=O)c1ccccc1C(F)(F)F. The molecule has 0 atom stereocenters. The highest BCUT2D eigenvalue weighted by molar-refractivity contribution is 7.89. The van der Waals surface area contributed by atoms with Crippen LogP contribution in [0.2, 0.25) is 0 Å². The highest BCUT2D eigenvalue weighted by atomic mass is 32.2. The molecular weight excluding hydrogens is 379 g/mol. The van der Waals surface area contributed by atoms with Crippen LogP contribution in [0, 0.1) is 0 Å². The summed E-state index contributed by atoms with van der Waals surface area (Å²) in [7, 11) is -4.76. The van der Waals surface area contributed by atoms with Crippen LogP contribution in [0.4, 0.5) is 13.2 Å². The van der Waals surface area contributed by atoms with Crippen molar-refractivity contribution >= 4 is 21.8 Å². The van der Waals surface area contributed by atoms with Gasteiger partial charge in [-0.15, -0.1) is 4.83 Å². The van der Waals surface area contributed by atoms with Crippen molar-refractivity contribution in [3.05, 3.63) is 54.0 Å². The summed E-state index contributed by atoms with van der Waals surface area (Å²) in [5.41, 5.74) is 0.130. The van der Waals surface area contributed by atoms with Gasteiger partial charge in [0.05, 0.1) is 23.3 Å². The Morgan fingerprint density at radius 2 is 1.73 bits per heavy atom. The molecule has 0 radical (unpaired) electrons. The molecule has 0 saturated heterocycles. The first-order valence-electron chi connectivity index (χ1n) is 6.90. The zero-order valence-corrected chi connectivity index (χ0v) is 13.6. The average molecular weight is 391 g/mol. The van der Waals surface area contributed by atoms with Crippen molar-refractivity contribution in [3.63, 3.8) is 0 Å². The van der Waals surface area contributed by atoms with Gasteiger partial charge in [0.2, 0.25) is 0 Å². The van der Waals surface area contributed by atoms with Gasteiger partial charge in [0, 0.05) is 0 Å². The molecule has 0 spiro atoms. The third kappa shape index (κ3) is 4.83. The fraction of sp³-hybridized carbons (Fsp3) is 0.143. The summed E-state index contributed by atoms with van der Waals surface area (Å²) in [5.74, 6) is -2.29. The number of rotatable bonds is 5. The first kappa shape index (κ1) is 19.5. The molecule has 1 aromatic carbocycles. The van der Waals surface area contributed by atoms with Gasteiger partial charge in [0.1, 0.15) is 5.76 Å². The van der Waals surface area contributed by atoms with E-state index in [-0.39, 0.29) is 6.54 Å². The predicted molar refractivity (Wildman–Crippen MR) is 80.5 cm³/mol. The third-order valence-corrected chi connectivity index (χ3v) is 4.30. The van der Waals surface area contributed by atoms with E-state index in [1.165, 1.54) is 17.2 Å². The van der Waals surface area contributed by atoms with E-state index in [4.69, 9.17) is 4.42 Å². The van der Waals surface area contributed by atoms with Gasteiger partial charge in [0.15, 0.2) is 0 Å². The molecule has 12 heteroatoms. The second kappa shape index (κ2) is 7.58. The zero-order chi connectivity index (χ0) is 19.4.